The Morgan fingerprint density at radius 3 is 2.80 bits per heavy atom. The van der Waals surface area contributed by atoms with Gasteiger partial charge in [-0.05, 0) is 24.9 Å². The highest BCUT2D eigenvalue weighted by Crippen LogP contribution is 2.07. The van der Waals surface area contributed by atoms with E-state index in [4.69, 9.17) is 4.74 Å². The third-order valence-corrected chi connectivity index (χ3v) is 3.87. The van der Waals surface area contributed by atoms with Crippen LogP contribution in [0.4, 0.5) is 0 Å². The predicted molar refractivity (Wildman–Crippen MR) is 86.8 cm³/mol. The maximum absolute atomic E-state index is 5.05. The molecule has 0 saturated heterocycles. The van der Waals surface area contributed by atoms with Gasteiger partial charge in [-0.1, -0.05) is 6.07 Å². The highest BCUT2D eigenvalue weighted by atomic mass is 32.1. The van der Waals surface area contributed by atoms with Gasteiger partial charge in [-0.15, -0.1) is 11.3 Å². The van der Waals surface area contributed by atoms with E-state index in [-0.39, 0.29) is 0 Å². The number of nitrogens with one attached hydrogen (secondary N) is 2. The largest absolute Gasteiger partial charge is 0.383 e. The molecule has 0 saturated carbocycles. The van der Waals surface area contributed by atoms with Crippen molar-refractivity contribution in [2.45, 2.75) is 6.42 Å². The summed E-state index contributed by atoms with van der Waals surface area (Å²) in [5, 5.41) is 8.75. The fourth-order valence-corrected chi connectivity index (χ4v) is 2.41. The molecule has 0 aliphatic rings. The van der Waals surface area contributed by atoms with Crippen LogP contribution in [0, 0.1) is 0 Å². The lowest BCUT2D eigenvalue weighted by Gasteiger charge is -2.17. The number of methoxy groups -OCH3 is 1. The average molecular weight is 298 g/mol. The number of aliphatic imine (C=N–C) groups is 1. The number of ether oxygens (including phenoxy) is 1. The second-order valence-corrected chi connectivity index (χ2v) is 5.58. The van der Waals surface area contributed by atoms with Crippen LogP contribution in [-0.4, -0.2) is 64.9 Å². The summed E-state index contributed by atoms with van der Waals surface area (Å²) >= 11 is 1.79. The molecule has 1 aromatic rings. The van der Waals surface area contributed by atoms with Crippen LogP contribution in [0.15, 0.2) is 22.5 Å². The van der Waals surface area contributed by atoms with Crippen molar-refractivity contribution in [2.75, 3.05) is 54.0 Å². The van der Waals surface area contributed by atoms with E-state index in [9.17, 15) is 0 Å². The lowest BCUT2D eigenvalue weighted by Crippen LogP contribution is -2.41. The maximum atomic E-state index is 5.05. The van der Waals surface area contributed by atoms with Crippen LogP contribution >= 0.6 is 11.3 Å². The first-order chi connectivity index (χ1) is 9.76. The molecule has 0 aliphatic carbocycles. The topological polar surface area (TPSA) is 48.9 Å². The van der Waals surface area contributed by atoms with Crippen LogP contribution in [0.5, 0.6) is 0 Å². The highest BCUT2D eigenvalue weighted by molar-refractivity contribution is 7.09. The first-order valence-electron chi connectivity index (χ1n) is 6.90. The molecular weight excluding hydrogens is 272 g/mol. The predicted octanol–water partition coefficient (Wildman–Crippen LogP) is 1.03. The normalized spacial score (nSPS) is 11.9. The fourth-order valence-electron chi connectivity index (χ4n) is 1.70. The highest BCUT2D eigenvalue weighted by Gasteiger charge is 2.00. The van der Waals surface area contributed by atoms with Crippen molar-refractivity contribution in [2.24, 2.45) is 4.99 Å². The van der Waals surface area contributed by atoms with Crippen LogP contribution in [-0.2, 0) is 11.2 Å². The van der Waals surface area contributed by atoms with Crippen LogP contribution in [0.2, 0.25) is 0 Å². The van der Waals surface area contributed by atoms with E-state index in [2.05, 4.69) is 45.1 Å². The molecule has 0 unspecified atom stereocenters. The molecule has 1 heterocycles. The SMILES string of the molecule is CN=C(NCCc1cccs1)NCCN(C)CCOC. The summed E-state index contributed by atoms with van der Waals surface area (Å²) in [6.07, 6.45) is 1.03. The summed E-state index contributed by atoms with van der Waals surface area (Å²) in [6, 6.07) is 4.25. The van der Waals surface area contributed by atoms with E-state index >= 15 is 0 Å². The minimum atomic E-state index is 0.768. The third-order valence-electron chi connectivity index (χ3n) is 2.93. The van der Waals surface area contributed by atoms with Gasteiger partial charge >= 0.3 is 0 Å². The van der Waals surface area contributed by atoms with E-state index < -0.39 is 0 Å². The minimum absolute atomic E-state index is 0.768. The zero-order chi connectivity index (χ0) is 14.6. The van der Waals surface area contributed by atoms with Crippen molar-refractivity contribution in [3.05, 3.63) is 22.4 Å². The average Bonchev–Trinajstić information content (AvgIpc) is 2.96. The molecule has 6 heteroatoms. The Bertz CT molecular complexity index is 367. The van der Waals surface area contributed by atoms with Gasteiger partial charge in [-0.25, -0.2) is 0 Å². The monoisotopic (exact) mass is 298 g/mol. The molecule has 5 nitrogen and oxygen atoms in total. The quantitative estimate of drug-likeness (QED) is 0.528. The Morgan fingerprint density at radius 1 is 1.35 bits per heavy atom. The summed E-state index contributed by atoms with van der Waals surface area (Å²) in [6.45, 7) is 4.46. The Kier molecular flexibility index (Phi) is 9.02. The van der Waals surface area contributed by atoms with Crippen molar-refractivity contribution in [1.82, 2.24) is 15.5 Å². The zero-order valence-corrected chi connectivity index (χ0v) is 13.5. The number of nitrogens with zero attached hydrogens (tertiary/aromatic N) is 2. The molecule has 2 N–H and O–H groups in total. The zero-order valence-electron chi connectivity index (χ0n) is 12.7. The van der Waals surface area contributed by atoms with E-state index in [1.807, 2.05) is 0 Å². The van der Waals surface area contributed by atoms with Crippen molar-refractivity contribution < 1.29 is 4.74 Å². The first kappa shape index (κ1) is 16.9. The molecule has 0 spiro atoms. The molecule has 1 aromatic heterocycles. The Hall–Kier alpha value is -1.11. The molecule has 0 amide bonds. The van der Waals surface area contributed by atoms with Crippen LogP contribution in [0.1, 0.15) is 4.88 Å². The van der Waals surface area contributed by atoms with Crippen molar-refractivity contribution in [3.63, 3.8) is 0 Å². The van der Waals surface area contributed by atoms with Crippen LogP contribution in [0.3, 0.4) is 0 Å². The van der Waals surface area contributed by atoms with Gasteiger partial charge in [0, 0.05) is 45.2 Å². The summed E-state index contributed by atoms with van der Waals surface area (Å²) < 4.78 is 5.05. The Morgan fingerprint density at radius 2 is 2.15 bits per heavy atom. The van der Waals surface area contributed by atoms with Gasteiger partial charge in [0.05, 0.1) is 6.61 Å². The lowest BCUT2D eigenvalue weighted by atomic mass is 10.3. The second-order valence-electron chi connectivity index (χ2n) is 4.55. The number of thiophene rings is 1. The van der Waals surface area contributed by atoms with Crippen molar-refractivity contribution in [3.8, 4) is 0 Å². The minimum Gasteiger partial charge on any atom is -0.383 e. The van der Waals surface area contributed by atoms with Crippen LogP contribution in [0.25, 0.3) is 0 Å². The van der Waals surface area contributed by atoms with Gasteiger partial charge in [0.2, 0.25) is 0 Å². The third kappa shape index (κ3) is 7.47. The Labute approximate surface area is 126 Å². The standard InChI is InChI=1S/C14H26N4OS/c1-15-14(16-7-6-13-5-4-12-20-13)17-8-9-18(2)10-11-19-3/h4-5,12H,6-11H2,1-3H3,(H2,15,16,17). The van der Waals surface area contributed by atoms with E-state index in [0.29, 0.717) is 0 Å². The molecule has 20 heavy (non-hydrogen) atoms. The van der Waals surface area contributed by atoms with Gasteiger partial charge < -0.3 is 20.3 Å². The number of likely N-dealkylation sites (N-methyl/N-ethyl adjacent to an activating group) is 1. The van der Waals surface area contributed by atoms with Gasteiger partial charge in [0.15, 0.2) is 5.96 Å². The van der Waals surface area contributed by atoms with E-state index in [1.165, 1.54) is 4.88 Å². The molecule has 114 valence electrons. The summed E-state index contributed by atoms with van der Waals surface area (Å²) in [5.74, 6) is 0.863. The number of rotatable bonds is 9. The first-order valence-corrected chi connectivity index (χ1v) is 7.78. The molecule has 0 aromatic carbocycles. The maximum Gasteiger partial charge on any atom is 0.191 e. The van der Waals surface area contributed by atoms with Crippen LogP contribution < -0.4 is 10.6 Å². The molecule has 1 rings (SSSR count). The summed E-state index contributed by atoms with van der Waals surface area (Å²) in [7, 11) is 5.62. The molecule has 0 bridgehead atoms. The lowest BCUT2D eigenvalue weighted by molar-refractivity contribution is 0.162. The molecular formula is C14H26N4OS. The number of hydrogen-bond donors (Lipinski definition) is 2. The fraction of sp³-hybridized carbons (Fsp3) is 0.643. The van der Waals surface area contributed by atoms with E-state index in [1.54, 1.807) is 25.5 Å². The smallest absolute Gasteiger partial charge is 0.191 e. The van der Waals surface area contributed by atoms with Crippen molar-refractivity contribution >= 4 is 17.3 Å². The van der Waals surface area contributed by atoms with Gasteiger partial charge in [-0.3, -0.25) is 4.99 Å². The Balaban J connectivity index is 2.10. The molecule has 0 atom stereocenters. The van der Waals surface area contributed by atoms with Gasteiger partial charge in [-0.2, -0.15) is 0 Å². The molecule has 0 fully saturated rings. The molecule has 0 radical (unpaired) electrons. The number of hydrogen-bond acceptors (Lipinski definition) is 4. The summed E-state index contributed by atoms with van der Waals surface area (Å²) in [4.78, 5) is 7.85. The van der Waals surface area contributed by atoms with Gasteiger partial charge in [0.1, 0.15) is 0 Å². The van der Waals surface area contributed by atoms with Crippen molar-refractivity contribution in [1.29, 1.82) is 0 Å². The number of guanidine groups is 1. The second kappa shape index (κ2) is 10.7. The van der Waals surface area contributed by atoms with Gasteiger partial charge in [0.25, 0.3) is 0 Å². The van der Waals surface area contributed by atoms with E-state index in [0.717, 1.165) is 45.2 Å². The molecule has 0 aliphatic heterocycles. The summed E-state index contributed by atoms with van der Waals surface area (Å²) in [5.41, 5.74) is 0.